The van der Waals surface area contributed by atoms with E-state index in [1.807, 2.05) is 54.6 Å². The third kappa shape index (κ3) is 2.87. The highest BCUT2D eigenvalue weighted by atomic mass is 79.9. The summed E-state index contributed by atoms with van der Waals surface area (Å²) >= 11 is 6.98. The van der Waals surface area contributed by atoms with E-state index in [0.717, 1.165) is 5.56 Å². The predicted octanol–water partition coefficient (Wildman–Crippen LogP) is 5.26. The smallest absolute Gasteiger partial charge is 0.238 e. The van der Waals surface area contributed by atoms with Crippen LogP contribution in [0.15, 0.2) is 100.0 Å². The number of amides is 4. The van der Waals surface area contributed by atoms with E-state index in [2.05, 4.69) is 31.9 Å². The zero-order chi connectivity index (χ0) is 26.3. The normalized spacial score (nSPS) is 31.3. The van der Waals surface area contributed by atoms with Gasteiger partial charge in [0.2, 0.25) is 23.6 Å². The lowest BCUT2D eigenvalue weighted by Gasteiger charge is -2.53. The SMILES string of the molecule is O=C1[C@@H]2C3C=CC(c4ccccc4)([C@@H]2C(=O)N1c1ccccc1Br)[C@H]1C(=O)N(c2ccccc2Br)C(=O)[C@H]31. The molecule has 3 aromatic carbocycles. The number of imide groups is 2. The van der Waals surface area contributed by atoms with Gasteiger partial charge in [-0.1, -0.05) is 66.7 Å². The molecule has 188 valence electrons. The summed E-state index contributed by atoms with van der Waals surface area (Å²) in [5, 5.41) is 0. The molecule has 6 nitrogen and oxygen atoms in total. The van der Waals surface area contributed by atoms with Gasteiger partial charge in [0.15, 0.2) is 0 Å². The van der Waals surface area contributed by atoms with Crippen LogP contribution in [0, 0.1) is 29.6 Å². The summed E-state index contributed by atoms with van der Waals surface area (Å²) < 4.78 is 1.25. The van der Waals surface area contributed by atoms with Crippen LogP contribution >= 0.6 is 31.9 Å². The number of anilines is 2. The molecule has 3 aromatic rings. The molecule has 8 rings (SSSR count). The molecule has 0 N–H and O–H groups in total. The van der Waals surface area contributed by atoms with Crippen LogP contribution in [-0.2, 0) is 24.6 Å². The highest BCUT2D eigenvalue weighted by Crippen LogP contribution is 2.65. The van der Waals surface area contributed by atoms with Gasteiger partial charge >= 0.3 is 0 Å². The molecule has 3 fully saturated rings. The Morgan fingerprint density at radius 2 is 1.03 bits per heavy atom. The van der Waals surface area contributed by atoms with E-state index in [9.17, 15) is 19.2 Å². The van der Waals surface area contributed by atoms with Crippen molar-refractivity contribution in [1.82, 2.24) is 0 Å². The number of nitrogens with zero attached hydrogens (tertiary/aromatic N) is 2. The van der Waals surface area contributed by atoms with Crippen LogP contribution in [0.4, 0.5) is 11.4 Å². The third-order valence-electron chi connectivity index (χ3n) is 8.62. The number of para-hydroxylation sites is 2. The van der Waals surface area contributed by atoms with Crippen LogP contribution in [0.3, 0.4) is 0 Å². The second-order valence-corrected chi connectivity index (χ2v) is 11.9. The van der Waals surface area contributed by atoms with Gasteiger partial charge in [0.25, 0.3) is 0 Å². The van der Waals surface area contributed by atoms with Crippen LogP contribution in [0.1, 0.15) is 5.56 Å². The van der Waals surface area contributed by atoms with Crippen LogP contribution in [0.5, 0.6) is 0 Å². The van der Waals surface area contributed by atoms with E-state index in [-0.39, 0.29) is 23.6 Å². The molecule has 0 spiro atoms. The lowest BCUT2D eigenvalue weighted by Crippen LogP contribution is -2.60. The quantitative estimate of drug-likeness (QED) is 0.292. The monoisotopic (exact) mass is 630 g/mol. The molecule has 2 aliphatic heterocycles. The van der Waals surface area contributed by atoms with Gasteiger partial charge in [0.1, 0.15) is 0 Å². The number of carbonyl (C=O) groups excluding carboxylic acids is 4. The molecule has 2 bridgehead atoms. The molecule has 8 heteroatoms. The number of rotatable bonds is 3. The number of benzene rings is 3. The summed E-state index contributed by atoms with van der Waals surface area (Å²) in [4.78, 5) is 59.2. The molecule has 2 unspecified atom stereocenters. The summed E-state index contributed by atoms with van der Waals surface area (Å²) in [7, 11) is 0. The summed E-state index contributed by atoms with van der Waals surface area (Å²) in [6, 6.07) is 23.6. The van der Waals surface area contributed by atoms with Gasteiger partial charge in [-0.15, -0.1) is 0 Å². The summed E-state index contributed by atoms with van der Waals surface area (Å²) in [5.41, 5.74) is 0.551. The Labute approximate surface area is 235 Å². The van der Waals surface area contributed by atoms with Crippen molar-refractivity contribution in [3.63, 3.8) is 0 Å². The molecule has 1 saturated carbocycles. The predicted molar refractivity (Wildman–Crippen MR) is 148 cm³/mol. The molecule has 0 aromatic heterocycles. The van der Waals surface area contributed by atoms with Crippen molar-refractivity contribution in [2.75, 3.05) is 9.80 Å². The fraction of sp³-hybridized carbons (Fsp3) is 0.200. The fourth-order valence-electron chi connectivity index (χ4n) is 7.22. The summed E-state index contributed by atoms with van der Waals surface area (Å²) in [6.07, 6.45) is 3.83. The summed E-state index contributed by atoms with van der Waals surface area (Å²) in [6.45, 7) is 0. The molecule has 5 aliphatic rings. The van der Waals surface area contributed by atoms with Crippen molar-refractivity contribution in [3.8, 4) is 0 Å². The molecule has 6 atom stereocenters. The second kappa shape index (κ2) is 8.32. The minimum Gasteiger partial charge on any atom is -0.274 e. The first-order valence-corrected chi connectivity index (χ1v) is 14.0. The van der Waals surface area contributed by atoms with Gasteiger partial charge in [-0.2, -0.15) is 0 Å². The zero-order valence-electron chi connectivity index (χ0n) is 19.8. The first kappa shape index (κ1) is 23.7. The minimum absolute atomic E-state index is 0.334. The first-order valence-electron chi connectivity index (χ1n) is 12.4. The Morgan fingerprint density at radius 1 is 0.579 bits per heavy atom. The van der Waals surface area contributed by atoms with Crippen molar-refractivity contribution < 1.29 is 19.2 Å². The van der Waals surface area contributed by atoms with Gasteiger partial charge in [-0.05, 0) is 61.7 Å². The minimum atomic E-state index is -1.14. The van der Waals surface area contributed by atoms with Crippen molar-refractivity contribution in [2.24, 2.45) is 29.6 Å². The molecule has 4 amide bonds. The van der Waals surface area contributed by atoms with Gasteiger partial charge in [-0.25, -0.2) is 9.80 Å². The molecule has 38 heavy (non-hydrogen) atoms. The number of carbonyl (C=O) groups is 4. The lowest BCUT2D eigenvalue weighted by atomic mass is 9.45. The highest BCUT2D eigenvalue weighted by molar-refractivity contribution is 9.11. The number of allylic oxidation sites excluding steroid dienone is 2. The van der Waals surface area contributed by atoms with Crippen molar-refractivity contribution in [1.29, 1.82) is 0 Å². The molecule has 2 saturated heterocycles. The van der Waals surface area contributed by atoms with E-state index in [4.69, 9.17) is 0 Å². The van der Waals surface area contributed by atoms with E-state index in [0.29, 0.717) is 20.3 Å². The zero-order valence-corrected chi connectivity index (χ0v) is 23.0. The van der Waals surface area contributed by atoms with E-state index >= 15 is 0 Å². The van der Waals surface area contributed by atoms with Gasteiger partial charge in [0, 0.05) is 20.3 Å². The molecule has 2 heterocycles. The maximum Gasteiger partial charge on any atom is 0.238 e. The Kier molecular flexibility index (Phi) is 5.20. The van der Waals surface area contributed by atoms with Gasteiger partial charge < -0.3 is 0 Å². The molecule has 0 radical (unpaired) electrons. The van der Waals surface area contributed by atoms with Gasteiger partial charge in [0.05, 0.1) is 35.0 Å². The molecular formula is C30H20Br2N2O4. The van der Waals surface area contributed by atoms with E-state index < -0.39 is 35.0 Å². The topological polar surface area (TPSA) is 74.8 Å². The van der Waals surface area contributed by atoms with E-state index in [1.54, 1.807) is 36.4 Å². The Bertz CT molecular complexity index is 1500. The average molecular weight is 632 g/mol. The van der Waals surface area contributed by atoms with Crippen LogP contribution in [0.25, 0.3) is 0 Å². The van der Waals surface area contributed by atoms with Crippen molar-refractivity contribution in [3.05, 3.63) is 106 Å². The standard InChI is InChI=1S/C30H20Br2N2O4/c31-18-10-4-6-12-20(18)33-26(35)22-17-14-15-30(24(22)28(33)37,16-8-2-1-3-9-16)25-23(17)27(36)34(29(25)38)21-13-7-5-11-19(21)32/h1-15,17,22-25H/t17?,22-,23-,24-,25+,30?/m1/s1. The van der Waals surface area contributed by atoms with Crippen molar-refractivity contribution >= 4 is 66.9 Å². The maximum atomic E-state index is 14.3. The van der Waals surface area contributed by atoms with Crippen LogP contribution in [-0.4, -0.2) is 23.6 Å². The second-order valence-electron chi connectivity index (χ2n) is 10.2. The third-order valence-corrected chi connectivity index (χ3v) is 9.96. The Hall–Kier alpha value is -3.36. The number of hydrogen-bond acceptors (Lipinski definition) is 4. The molecule has 3 aliphatic carbocycles. The molecular weight excluding hydrogens is 612 g/mol. The number of halogens is 2. The number of hydrogen-bond donors (Lipinski definition) is 0. The van der Waals surface area contributed by atoms with Crippen LogP contribution in [0.2, 0.25) is 0 Å². The largest absolute Gasteiger partial charge is 0.274 e. The first-order chi connectivity index (χ1) is 18.4. The Morgan fingerprint density at radius 3 is 1.50 bits per heavy atom. The van der Waals surface area contributed by atoms with Crippen LogP contribution < -0.4 is 9.80 Å². The highest BCUT2D eigenvalue weighted by Gasteiger charge is 2.75. The Balaban J connectivity index is 1.45. The van der Waals surface area contributed by atoms with E-state index in [1.165, 1.54) is 9.80 Å². The van der Waals surface area contributed by atoms with Gasteiger partial charge in [-0.3, -0.25) is 19.2 Å². The fourth-order valence-corrected chi connectivity index (χ4v) is 8.14. The summed E-state index contributed by atoms with van der Waals surface area (Å²) in [5.74, 6) is -5.05. The lowest BCUT2D eigenvalue weighted by molar-refractivity contribution is -0.140. The average Bonchev–Trinajstić information content (AvgIpc) is 3.37. The maximum absolute atomic E-state index is 14.3. The van der Waals surface area contributed by atoms with Crippen molar-refractivity contribution in [2.45, 2.75) is 5.41 Å².